The van der Waals surface area contributed by atoms with E-state index < -0.39 is 24.1 Å². The third kappa shape index (κ3) is 1.92. The third-order valence-corrected chi connectivity index (χ3v) is 2.55. The fourth-order valence-corrected chi connectivity index (χ4v) is 1.70. The lowest BCUT2D eigenvalue weighted by Gasteiger charge is -2.13. The molecule has 7 nitrogen and oxygen atoms in total. The first-order valence-electron chi connectivity index (χ1n) is 4.91. The number of aromatic nitrogens is 2. The maximum Gasteiger partial charge on any atom is 0.351 e. The molecule has 0 aliphatic carbocycles. The molecule has 0 radical (unpaired) electrons. The van der Waals surface area contributed by atoms with E-state index in [1.165, 1.54) is 16.8 Å². The molecule has 4 N–H and O–H groups in total. The minimum absolute atomic E-state index is 0.138. The van der Waals surface area contributed by atoms with Gasteiger partial charge in [0.15, 0.2) is 0 Å². The van der Waals surface area contributed by atoms with Crippen LogP contribution in [0.1, 0.15) is 12.6 Å². The molecule has 0 unspecified atom stereocenters. The molecule has 0 saturated carbocycles. The van der Waals surface area contributed by atoms with Crippen molar-refractivity contribution >= 4 is 5.82 Å². The van der Waals surface area contributed by atoms with Gasteiger partial charge in [0.2, 0.25) is 0 Å². The summed E-state index contributed by atoms with van der Waals surface area (Å²) in [5.74, 6) is 0.138. The number of rotatable bonds is 2. The van der Waals surface area contributed by atoms with E-state index in [0.717, 1.165) is 0 Å². The number of aliphatic hydroxyl groups is 2. The number of nitrogen functional groups attached to an aromatic ring is 1. The molecule has 1 aromatic rings. The Morgan fingerprint density at radius 2 is 2.44 bits per heavy atom. The van der Waals surface area contributed by atoms with Crippen LogP contribution in [0.3, 0.4) is 0 Å². The molecule has 3 atom stereocenters. The zero-order valence-corrected chi connectivity index (χ0v) is 8.48. The fraction of sp³-hybridized carbons (Fsp3) is 0.556. The van der Waals surface area contributed by atoms with Gasteiger partial charge in [0.1, 0.15) is 18.1 Å². The highest BCUT2D eigenvalue weighted by Gasteiger charge is 2.34. The predicted octanol–water partition coefficient (Wildman–Crippen LogP) is -1.53. The van der Waals surface area contributed by atoms with Crippen LogP contribution in [-0.2, 0) is 4.74 Å². The smallest absolute Gasteiger partial charge is 0.351 e. The predicted molar refractivity (Wildman–Crippen MR) is 54.5 cm³/mol. The molecule has 88 valence electrons. The topological polar surface area (TPSA) is 111 Å². The highest BCUT2D eigenvalue weighted by molar-refractivity contribution is 5.23. The average Bonchev–Trinajstić information content (AvgIpc) is 2.59. The summed E-state index contributed by atoms with van der Waals surface area (Å²) in [5, 5.41) is 18.4. The Morgan fingerprint density at radius 3 is 3.00 bits per heavy atom. The minimum atomic E-state index is -0.778. The Morgan fingerprint density at radius 1 is 1.69 bits per heavy atom. The Labute approximate surface area is 91.1 Å². The second-order valence-corrected chi connectivity index (χ2v) is 3.66. The van der Waals surface area contributed by atoms with Gasteiger partial charge in [-0.3, -0.25) is 4.57 Å². The molecule has 1 saturated heterocycles. The Balaban J connectivity index is 2.23. The van der Waals surface area contributed by atoms with E-state index in [-0.39, 0.29) is 18.8 Å². The molecule has 7 heteroatoms. The van der Waals surface area contributed by atoms with E-state index in [0.29, 0.717) is 0 Å². The molecule has 0 bridgehead atoms. The van der Waals surface area contributed by atoms with Crippen molar-refractivity contribution in [1.29, 1.82) is 0 Å². The van der Waals surface area contributed by atoms with Crippen molar-refractivity contribution in [2.24, 2.45) is 0 Å². The van der Waals surface area contributed by atoms with E-state index in [1.807, 2.05) is 0 Å². The van der Waals surface area contributed by atoms with Crippen molar-refractivity contribution in [3.05, 3.63) is 22.7 Å². The summed E-state index contributed by atoms with van der Waals surface area (Å²) in [7, 11) is 0. The number of aliphatic hydroxyl groups excluding tert-OH is 2. The van der Waals surface area contributed by atoms with Crippen LogP contribution in [0.2, 0.25) is 0 Å². The second-order valence-electron chi connectivity index (χ2n) is 3.66. The maximum absolute atomic E-state index is 11.5. The molecule has 0 aromatic carbocycles. The number of hydrogen-bond acceptors (Lipinski definition) is 6. The lowest BCUT2D eigenvalue weighted by molar-refractivity contribution is -0.0458. The zero-order valence-electron chi connectivity index (χ0n) is 8.48. The van der Waals surface area contributed by atoms with Gasteiger partial charge in [-0.25, -0.2) is 4.79 Å². The summed E-state index contributed by atoms with van der Waals surface area (Å²) in [4.78, 5) is 15.0. The molecular formula is C9H13N3O4. The van der Waals surface area contributed by atoms with Crippen LogP contribution >= 0.6 is 0 Å². The third-order valence-electron chi connectivity index (χ3n) is 2.55. The summed E-state index contributed by atoms with van der Waals surface area (Å²) >= 11 is 0. The number of anilines is 1. The molecule has 1 aliphatic rings. The lowest BCUT2D eigenvalue weighted by atomic mass is 10.2. The number of ether oxygens (including phenoxy) is 1. The molecule has 16 heavy (non-hydrogen) atoms. The first-order valence-corrected chi connectivity index (χ1v) is 4.91. The van der Waals surface area contributed by atoms with Gasteiger partial charge < -0.3 is 20.7 Å². The summed E-state index contributed by atoms with van der Waals surface area (Å²) < 4.78 is 6.56. The van der Waals surface area contributed by atoms with Crippen molar-refractivity contribution in [3.63, 3.8) is 0 Å². The van der Waals surface area contributed by atoms with Crippen molar-refractivity contribution in [2.45, 2.75) is 24.9 Å². The van der Waals surface area contributed by atoms with Crippen LogP contribution in [0.5, 0.6) is 0 Å². The standard InChI is InChI=1S/C9H13N3O4/c10-7-1-2-12(9(15)11-7)8-3-5(14)6(4-13)16-8/h1-2,5-6,8,13-14H,3-4H2,(H2,10,11,15)/t5-,6-,8-/m1/s1/i9+1,11+1,12+1. The normalized spacial score (nSPS) is 29.5. The van der Waals surface area contributed by atoms with Gasteiger partial charge in [0.25, 0.3) is 0 Å². The SMILES string of the molecule is Nc1cc[15n]([C@H]2C[C@@H](O)[C@@H](CO)O2)[13c](=O)[15n]1. The summed E-state index contributed by atoms with van der Waals surface area (Å²) in [6, 6.07) is 1.48. The van der Waals surface area contributed by atoms with E-state index in [1.54, 1.807) is 0 Å². The van der Waals surface area contributed by atoms with Crippen LogP contribution in [0.25, 0.3) is 0 Å². The lowest BCUT2D eigenvalue weighted by Crippen LogP contribution is -2.27. The molecule has 1 aromatic heterocycles. The van der Waals surface area contributed by atoms with Gasteiger partial charge in [-0.15, -0.1) is 0 Å². The van der Waals surface area contributed by atoms with E-state index in [4.69, 9.17) is 15.6 Å². The molecule has 1 fully saturated rings. The Kier molecular flexibility index (Phi) is 2.90. The molecular weight excluding hydrogens is 217 g/mol. The highest BCUT2D eigenvalue weighted by atomic mass is 16.6. The highest BCUT2D eigenvalue weighted by Crippen LogP contribution is 2.27. The number of nitrogens with zero attached hydrogens (tertiary/aromatic N) is 2. The van der Waals surface area contributed by atoms with Crippen LogP contribution in [0.4, 0.5) is 5.82 Å². The molecule has 2 rings (SSSR count). The summed E-state index contributed by atoms with van der Waals surface area (Å²) in [6.45, 7) is -0.283. The number of nitrogens with two attached hydrogens (primary N) is 1. The largest absolute Gasteiger partial charge is 0.394 e. The first kappa shape index (κ1) is 11.1. The monoisotopic (exact) mass is 230 g/mol. The molecule has 0 spiro atoms. The summed E-state index contributed by atoms with van der Waals surface area (Å²) in [6.07, 6.45) is -0.333. The Hall–Kier alpha value is -1.44. The van der Waals surface area contributed by atoms with Crippen LogP contribution in [0, 0.1) is 0 Å². The average molecular weight is 230 g/mol. The van der Waals surface area contributed by atoms with Crippen LogP contribution in [-0.4, -0.2) is 38.6 Å². The van der Waals surface area contributed by atoms with Crippen LogP contribution < -0.4 is 11.4 Å². The number of hydrogen-bond donors (Lipinski definition) is 3. The van der Waals surface area contributed by atoms with Crippen molar-refractivity contribution in [1.82, 2.24) is 9.55 Å². The van der Waals surface area contributed by atoms with Gasteiger partial charge in [-0.2, -0.15) is 4.98 Å². The Bertz CT molecular complexity index is 433. The molecule has 1 aliphatic heterocycles. The van der Waals surface area contributed by atoms with E-state index in [9.17, 15) is 9.90 Å². The van der Waals surface area contributed by atoms with E-state index >= 15 is 0 Å². The van der Waals surface area contributed by atoms with Gasteiger partial charge in [0.05, 0.1) is 12.7 Å². The van der Waals surface area contributed by atoms with Crippen molar-refractivity contribution in [3.8, 4) is 0 Å². The van der Waals surface area contributed by atoms with E-state index in [2.05, 4.69) is 4.98 Å². The zero-order chi connectivity index (χ0) is 11.7. The van der Waals surface area contributed by atoms with Crippen molar-refractivity contribution < 1.29 is 14.9 Å². The van der Waals surface area contributed by atoms with Crippen LogP contribution in [0.15, 0.2) is 17.1 Å². The van der Waals surface area contributed by atoms with Gasteiger partial charge >= 0.3 is 5.69 Å². The maximum atomic E-state index is 11.5. The van der Waals surface area contributed by atoms with Gasteiger partial charge in [0, 0.05) is 12.6 Å². The van der Waals surface area contributed by atoms with Gasteiger partial charge in [-0.1, -0.05) is 0 Å². The minimum Gasteiger partial charge on any atom is -0.394 e. The molecule has 0 amide bonds. The fourth-order valence-electron chi connectivity index (χ4n) is 1.70. The van der Waals surface area contributed by atoms with Crippen molar-refractivity contribution in [2.75, 3.05) is 12.3 Å². The first-order chi connectivity index (χ1) is 7.61. The second kappa shape index (κ2) is 4.20. The molecule has 2 heterocycles. The quantitative estimate of drug-likeness (QED) is 0.568. The van der Waals surface area contributed by atoms with Gasteiger partial charge in [-0.05, 0) is 6.07 Å². The summed E-state index contributed by atoms with van der Waals surface area (Å²) in [5.41, 5.74) is 4.82.